The van der Waals surface area contributed by atoms with Gasteiger partial charge in [-0.15, -0.1) is 0 Å². The molecule has 1 heterocycles. The number of aromatic nitrogens is 2. The quantitative estimate of drug-likeness (QED) is 0.865. The number of benzene rings is 1. The van der Waals surface area contributed by atoms with Gasteiger partial charge < -0.3 is 5.73 Å². The molecule has 0 atom stereocenters. The lowest BCUT2D eigenvalue weighted by Crippen LogP contribution is -2.15. The third kappa shape index (κ3) is 3.10. The average molecular weight is 324 g/mol. The molecule has 0 aliphatic rings. The highest BCUT2D eigenvalue weighted by Gasteiger charge is 2.18. The molecule has 1 aromatic heterocycles. The van der Waals surface area contributed by atoms with Crippen molar-refractivity contribution in [3.8, 4) is 11.4 Å². The lowest BCUT2D eigenvalue weighted by molar-refractivity contribution is 0.568. The number of anilines is 1. The summed E-state index contributed by atoms with van der Waals surface area (Å²) in [6, 6.07) is 6.17. The topological polar surface area (TPSA) is 51.8 Å². The Kier molecular flexibility index (Phi) is 3.58. The lowest BCUT2D eigenvalue weighted by Gasteiger charge is -2.19. The monoisotopic (exact) mass is 323 g/mol. The summed E-state index contributed by atoms with van der Waals surface area (Å²) < 4.78 is 13.7. The molecule has 0 radical (unpaired) electrons. The Bertz CT molecular complexity index is 621. The Morgan fingerprint density at radius 2 is 1.84 bits per heavy atom. The molecular formula is C14H15BrFN3. The zero-order chi connectivity index (χ0) is 14.2. The number of nitrogens with two attached hydrogens (primary N) is 1. The fourth-order valence-corrected chi connectivity index (χ4v) is 2.17. The fraction of sp³-hybridized carbons (Fsp3) is 0.286. The maximum absolute atomic E-state index is 13.1. The SMILES string of the molecule is CC(C)(C)c1cc(N)nc(-c2ccc(F)cc2Br)n1. The molecule has 2 N–H and O–H groups in total. The van der Waals surface area contributed by atoms with Crippen LogP contribution in [-0.4, -0.2) is 9.97 Å². The van der Waals surface area contributed by atoms with Gasteiger partial charge in [-0.1, -0.05) is 20.8 Å². The Balaban J connectivity index is 2.59. The summed E-state index contributed by atoms with van der Waals surface area (Å²) in [7, 11) is 0. The number of hydrogen-bond acceptors (Lipinski definition) is 3. The molecule has 2 aromatic rings. The number of halogens is 2. The molecule has 0 amide bonds. The van der Waals surface area contributed by atoms with Gasteiger partial charge in [0.05, 0.1) is 5.69 Å². The molecule has 0 saturated heterocycles. The summed E-state index contributed by atoms with van der Waals surface area (Å²) in [5.74, 6) is 0.596. The van der Waals surface area contributed by atoms with Crippen LogP contribution in [-0.2, 0) is 5.41 Å². The standard InChI is InChI=1S/C14H15BrFN3/c1-14(2,3)11-7-12(17)19-13(18-11)9-5-4-8(16)6-10(9)15/h4-7H,1-3H3,(H2,17,18,19). The van der Waals surface area contributed by atoms with Crippen molar-refractivity contribution >= 4 is 21.7 Å². The van der Waals surface area contributed by atoms with E-state index < -0.39 is 0 Å². The van der Waals surface area contributed by atoms with Gasteiger partial charge in [-0.05, 0) is 34.1 Å². The Hall–Kier alpha value is -1.49. The first kappa shape index (κ1) is 13.9. The van der Waals surface area contributed by atoms with Crippen molar-refractivity contribution in [1.29, 1.82) is 0 Å². The lowest BCUT2D eigenvalue weighted by atomic mass is 9.92. The van der Waals surface area contributed by atoms with Gasteiger partial charge in [0.2, 0.25) is 0 Å². The van der Waals surface area contributed by atoms with Crippen molar-refractivity contribution in [2.24, 2.45) is 0 Å². The Morgan fingerprint density at radius 1 is 1.16 bits per heavy atom. The molecule has 0 fully saturated rings. The number of hydrogen-bond donors (Lipinski definition) is 1. The average Bonchev–Trinajstić information content (AvgIpc) is 2.26. The number of nitrogens with zero attached hydrogens (tertiary/aromatic N) is 2. The molecule has 1 aromatic carbocycles. The van der Waals surface area contributed by atoms with Gasteiger partial charge in [-0.3, -0.25) is 0 Å². The Morgan fingerprint density at radius 3 is 2.42 bits per heavy atom. The van der Waals surface area contributed by atoms with Crippen molar-refractivity contribution in [2.45, 2.75) is 26.2 Å². The molecule has 0 bridgehead atoms. The molecule has 0 aliphatic heterocycles. The van der Waals surface area contributed by atoms with E-state index in [0.717, 1.165) is 11.3 Å². The predicted octanol–water partition coefficient (Wildman–Crippen LogP) is 3.92. The third-order valence-corrected chi connectivity index (χ3v) is 3.34. The molecule has 0 aliphatic carbocycles. The molecule has 5 heteroatoms. The zero-order valence-corrected chi connectivity index (χ0v) is 12.6. The molecule has 2 rings (SSSR count). The van der Waals surface area contributed by atoms with E-state index in [0.29, 0.717) is 16.1 Å². The highest BCUT2D eigenvalue weighted by atomic mass is 79.9. The largest absolute Gasteiger partial charge is 0.384 e. The van der Waals surface area contributed by atoms with E-state index in [9.17, 15) is 4.39 Å². The van der Waals surface area contributed by atoms with E-state index in [1.165, 1.54) is 12.1 Å². The zero-order valence-electron chi connectivity index (χ0n) is 11.0. The molecule has 0 spiro atoms. The maximum atomic E-state index is 13.1. The van der Waals surface area contributed by atoms with Crippen LogP contribution in [0.5, 0.6) is 0 Å². The smallest absolute Gasteiger partial charge is 0.162 e. The second-order valence-corrected chi connectivity index (χ2v) is 6.23. The van der Waals surface area contributed by atoms with E-state index in [4.69, 9.17) is 5.73 Å². The molecule has 0 unspecified atom stereocenters. The first-order valence-corrected chi connectivity index (χ1v) is 6.67. The number of nitrogen functional groups attached to an aromatic ring is 1. The van der Waals surface area contributed by atoms with Crippen LogP contribution in [0.3, 0.4) is 0 Å². The van der Waals surface area contributed by atoms with Crippen molar-refractivity contribution in [3.05, 3.63) is 40.2 Å². The normalized spacial score (nSPS) is 11.6. The fourth-order valence-electron chi connectivity index (χ4n) is 1.64. The third-order valence-electron chi connectivity index (χ3n) is 2.69. The Labute approximate surface area is 120 Å². The van der Waals surface area contributed by atoms with Gasteiger partial charge in [0.15, 0.2) is 5.82 Å². The minimum absolute atomic E-state index is 0.127. The van der Waals surface area contributed by atoms with Gasteiger partial charge in [0.1, 0.15) is 11.6 Å². The molecular weight excluding hydrogens is 309 g/mol. The molecule has 3 nitrogen and oxygen atoms in total. The van der Waals surface area contributed by atoms with Gasteiger partial charge in [-0.25, -0.2) is 14.4 Å². The van der Waals surface area contributed by atoms with Crippen LogP contribution in [0, 0.1) is 5.82 Å². The maximum Gasteiger partial charge on any atom is 0.162 e. The predicted molar refractivity (Wildman–Crippen MR) is 78.2 cm³/mol. The van der Waals surface area contributed by atoms with Crippen LogP contribution in [0.4, 0.5) is 10.2 Å². The van der Waals surface area contributed by atoms with E-state index >= 15 is 0 Å². The van der Waals surface area contributed by atoms with E-state index in [1.54, 1.807) is 12.1 Å². The van der Waals surface area contributed by atoms with Crippen molar-refractivity contribution in [2.75, 3.05) is 5.73 Å². The summed E-state index contributed by atoms with van der Waals surface area (Å²) in [4.78, 5) is 8.74. The second-order valence-electron chi connectivity index (χ2n) is 5.38. The summed E-state index contributed by atoms with van der Waals surface area (Å²) in [6.45, 7) is 6.16. The van der Waals surface area contributed by atoms with Crippen LogP contribution >= 0.6 is 15.9 Å². The highest BCUT2D eigenvalue weighted by Crippen LogP contribution is 2.29. The van der Waals surface area contributed by atoms with Crippen LogP contribution in [0.2, 0.25) is 0 Å². The van der Waals surface area contributed by atoms with Crippen molar-refractivity contribution in [3.63, 3.8) is 0 Å². The first-order valence-electron chi connectivity index (χ1n) is 5.88. The number of rotatable bonds is 1. The minimum atomic E-state index is -0.310. The van der Waals surface area contributed by atoms with Gasteiger partial charge in [0.25, 0.3) is 0 Å². The van der Waals surface area contributed by atoms with Crippen LogP contribution < -0.4 is 5.73 Å². The van der Waals surface area contributed by atoms with Gasteiger partial charge >= 0.3 is 0 Å². The van der Waals surface area contributed by atoms with Crippen LogP contribution in [0.1, 0.15) is 26.5 Å². The van der Waals surface area contributed by atoms with E-state index in [2.05, 4.69) is 46.7 Å². The van der Waals surface area contributed by atoms with Crippen LogP contribution in [0.15, 0.2) is 28.7 Å². The second kappa shape index (κ2) is 4.89. The van der Waals surface area contributed by atoms with Gasteiger partial charge in [0, 0.05) is 21.5 Å². The van der Waals surface area contributed by atoms with Crippen LogP contribution in [0.25, 0.3) is 11.4 Å². The summed E-state index contributed by atoms with van der Waals surface area (Å²) in [5, 5.41) is 0. The van der Waals surface area contributed by atoms with Crippen molar-refractivity contribution < 1.29 is 4.39 Å². The minimum Gasteiger partial charge on any atom is -0.384 e. The summed E-state index contributed by atoms with van der Waals surface area (Å²) in [5.41, 5.74) is 7.28. The molecule has 0 saturated carbocycles. The summed E-state index contributed by atoms with van der Waals surface area (Å²) in [6.07, 6.45) is 0. The van der Waals surface area contributed by atoms with Gasteiger partial charge in [-0.2, -0.15) is 0 Å². The first-order chi connectivity index (χ1) is 8.77. The molecule has 100 valence electrons. The molecule has 19 heavy (non-hydrogen) atoms. The van der Waals surface area contributed by atoms with Crippen molar-refractivity contribution in [1.82, 2.24) is 9.97 Å². The highest BCUT2D eigenvalue weighted by molar-refractivity contribution is 9.10. The van der Waals surface area contributed by atoms with E-state index in [-0.39, 0.29) is 11.2 Å². The summed E-state index contributed by atoms with van der Waals surface area (Å²) >= 11 is 3.32. The van der Waals surface area contributed by atoms with E-state index in [1.807, 2.05) is 0 Å².